The molecular formula is C21H29N. The Morgan fingerprint density at radius 2 is 2.09 bits per heavy atom. The first-order valence-corrected chi connectivity index (χ1v) is 8.76. The minimum atomic E-state index is 0.560. The molecule has 3 rings (SSSR count). The minimum absolute atomic E-state index is 0.560. The van der Waals surface area contributed by atoms with E-state index in [9.17, 15) is 0 Å². The van der Waals surface area contributed by atoms with Gasteiger partial charge in [0.15, 0.2) is 0 Å². The number of hydrogen-bond donors (Lipinski definition) is 1. The van der Waals surface area contributed by atoms with Crippen molar-refractivity contribution in [2.24, 2.45) is 11.8 Å². The van der Waals surface area contributed by atoms with Gasteiger partial charge in [-0.3, -0.25) is 0 Å². The molecule has 0 heterocycles. The lowest BCUT2D eigenvalue weighted by molar-refractivity contribution is 0.631. The molecule has 0 spiro atoms. The van der Waals surface area contributed by atoms with Crippen molar-refractivity contribution in [1.29, 1.82) is 0 Å². The van der Waals surface area contributed by atoms with Gasteiger partial charge in [0, 0.05) is 11.6 Å². The summed E-state index contributed by atoms with van der Waals surface area (Å²) in [7, 11) is 0. The second-order valence-electron chi connectivity index (χ2n) is 7.41. The molecule has 0 bridgehead atoms. The zero-order valence-electron chi connectivity index (χ0n) is 14.3. The summed E-state index contributed by atoms with van der Waals surface area (Å²) >= 11 is 0. The van der Waals surface area contributed by atoms with Crippen molar-refractivity contribution in [2.75, 3.05) is 5.32 Å². The van der Waals surface area contributed by atoms with Crippen LogP contribution in [0.15, 0.2) is 36.6 Å². The lowest BCUT2D eigenvalue weighted by Crippen LogP contribution is -2.08. The molecule has 3 unspecified atom stereocenters. The van der Waals surface area contributed by atoms with E-state index in [0.29, 0.717) is 5.92 Å². The van der Waals surface area contributed by atoms with Crippen LogP contribution in [0.5, 0.6) is 0 Å². The van der Waals surface area contributed by atoms with Gasteiger partial charge in [-0.25, -0.2) is 0 Å². The smallest absolute Gasteiger partial charge is 0.0423 e. The van der Waals surface area contributed by atoms with Gasteiger partial charge >= 0.3 is 0 Å². The van der Waals surface area contributed by atoms with Crippen LogP contribution in [0.2, 0.25) is 0 Å². The molecule has 1 heteroatoms. The molecule has 0 aliphatic heterocycles. The maximum absolute atomic E-state index is 3.88. The van der Waals surface area contributed by atoms with Crippen molar-refractivity contribution >= 4 is 5.69 Å². The number of rotatable bonds is 5. The second-order valence-corrected chi connectivity index (χ2v) is 7.41. The molecule has 0 aromatic heterocycles. The van der Waals surface area contributed by atoms with E-state index in [0.717, 1.165) is 11.8 Å². The van der Waals surface area contributed by atoms with Crippen molar-refractivity contribution < 1.29 is 0 Å². The molecule has 1 aromatic rings. The first kappa shape index (κ1) is 15.4. The molecule has 0 radical (unpaired) electrons. The van der Waals surface area contributed by atoms with Gasteiger partial charge in [-0.1, -0.05) is 31.2 Å². The molecule has 118 valence electrons. The SMILES string of the molecule is C=CNc1cc(CC2CC2C)cc(C)c1C1C=C(C)CCC1. The van der Waals surface area contributed by atoms with Crippen molar-refractivity contribution in [3.8, 4) is 0 Å². The summed E-state index contributed by atoms with van der Waals surface area (Å²) < 4.78 is 0. The summed E-state index contributed by atoms with van der Waals surface area (Å²) in [5, 5.41) is 3.41. The molecule has 0 amide bonds. The van der Waals surface area contributed by atoms with Crippen LogP contribution in [0.25, 0.3) is 0 Å². The van der Waals surface area contributed by atoms with Crippen LogP contribution in [0.4, 0.5) is 5.69 Å². The number of hydrogen-bond acceptors (Lipinski definition) is 1. The maximum Gasteiger partial charge on any atom is 0.0423 e. The number of allylic oxidation sites excluding steroid dienone is 2. The predicted molar refractivity (Wildman–Crippen MR) is 96.3 cm³/mol. The van der Waals surface area contributed by atoms with E-state index in [4.69, 9.17) is 0 Å². The van der Waals surface area contributed by atoms with E-state index in [-0.39, 0.29) is 0 Å². The van der Waals surface area contributed by atoms with Crippen LogP contribution in [0.3, 0.4) is 0 Å². The summed E-state index contributed by atoms with van der Waals surface area (Å²) in [5.41, 5.74) is 7.21. The summed E-state index contributed by atoms with van der Waals surface area (Å²) in [6.07, 6.45) is 10.8. The third-order valence-corrected chi connectivity index (χ3v) is 5.42. The fourth-order valence-corrected chi connectivity index (χ4v) is 4.04. The van der Waals surface area contributed by atoms with Crippen LogP contribution in [0.1, 0.15) is 62.1 Å². The average Bonchev–Trinajstić information content (AvgIpc) is 3.14. The largest absolute Gasteiger partial charge is 0.362 e. The molecule has 3 atom stereocenters. The first-order chi connectivity index (χ1) is 10.6. The number of nitrogens with one attached hydrogen (secondary N) is 1. The van der Waals surface area contributed by atoms with Crippen LogP contribution in [-0.4, -0.2) is 0 Å². The van der Waals surface area contributed by atoms with Crippen LogP contribution >= 0.6 is 0 Å². The number of anilines is 1. The third kappa shape index (κ3) is 3.29. The fourth-order valence-electron chi connectivity index (χ4n) is 4.04. The molecule has 1 N–H and O–H groups in total. The summed E-state index contributed by atoms with van der Waals surface area (Å²) in [6.45, 7) is 10.8. The van der Waals surface area contributed by atoms with Crippen molar-refractivity contribution in [3.63, 3.8) is 0 Å². The van der Waals surface area contributed by atoms with Gasteiger partial charge in [-0.15, -0.1) is 0 Å². The Balaban J connectivity index is 1.93. The highest BCUT2D eigenvalue weighted by atomic mass is 14.8. The number of benzene rings is 1. The number of aryl methyl sites for hydroxylation is 1. The van der Waals surface area contributed by atoms with Crippen LogP contribution in [-0.2, 0) is 6.42 Å². The van der Waals surface area contributed by atoms with Gasteiger partial charge < -0.3 is 5.32 Å². The lowest BCUT2D eigenvalue weighted by atomic mass is 9.82. The molecule has 1 fully saturated rings. The molecule has 1 nitrogen and oxygen atoms in total. The van der Waals surface area contributed by atoms with Gasteiger partial charge in [-0.2, -0.15) is 0 Å². The van der Waals surface area contributed by atoms with Gasteiger partial charge in [0.05, 0.1) is 0 Å². The predicted octanol–water partition coefficient (Wildman–Crippen LogP) is 5.96. The molecular weight excluding hydrogens is 266 g/mol. The van der Waals surface area contributed by atoms with E-state index in [1.165, 1.54) is 60.1 Å². The Bertz CT molecular complexity index is 596. The zero-order chi connectivity index (χ0) is 15.7. The highest BCUT2D eigenvalue weighted by Crippen LogP contribution is 2.42. The van der Waals surface area contributed by atoms with Crippen LogP contribution in [0, 0.1) is 18.8 Å². The van der Waals surface area contributed by atoms with E-state index in [2.05, 4.69) is 50.9 Å². The highest BCUT2D eigenvalue weighted by molar-refractivity contribution is 5.61. The highest BCUT2D eigenvalue weighted by Gasteiger charge is 2.32. The Morgan fingerprint density at radius 3 is 2.73 bits per heavy atom. The van der Waals surface area contributed by atoms with Crippen molar-refractivity contribution in [2.45, 2.75) is 58.8 Å². The Morgan fingerprint density at radius 1 is 1.32 bits per heavy atom. The van der Waals surface area contributed by atoms with Gasteiger partial charge in [0.1, 0.15) is 0 Å². The minimum Gasteiger partial charge on any atom is -0.362 e. The van der Waals surface area contributed by atoms with Gasteiger partial charge in [0.25, 0.3) is 0 Å². The first-order valence-electron chi connectivity index (χ1n) is 8.76. The standard InChI is InChI=1S/C21H29N/c1-5-22-20-13-17(12-19-11-15(19)3)10-16(4)21(20)18-8-6-7-14(2)9-18/h5,9-10,13,15,18-19,22H,1,6-8,11-12H2,2-4H3. The molecule has 2 aliphatic carbocycles. The summed E-state index contributed by atoms with van der Waals surface area (Å²) in [5.74, 6) is 2.38. The topological polar surface area (TPSA) is 12.0 Å². The van der Waals surface area contributed by atoms with Gasteiger partial charge in [-0.05, 0) is 86.7 Å². The van der Waals surface area contributed by atoms with Crippen molar-refractivity contribution in [1.82, 2.24) is 0 Å². The van der Waals surface area contributed by atoms with E-state index >= 15 is 0 Å². The lowest BCUT2D eigenvalue weighted by Gasteiger charge is -2.25. The average molecular weight is 295 g/mol. The van der Waals surface area contributed by atoms with Gasteiger partial charge in [0.2, 0.25) is 0 Å². The fraction of sp³-hybridized carbons (Fsp3) is 0.524. The second kappa shape index (κ2) is 6.32. The molecule has 0 saturated heterocycles. The zero-order valence-corrected chi connectivity index (χ0v) is 14.3. The Hall–Kier alpha value is -1.50. The molecule has 22 heavy (non-hydrogen) atoms. The van der Waals surface area contributed by atoms with Crippen LogP contribution < -0.4 is 5.32 Å². The monoisotopic (exact) mass is 295 g/mol. The molecule has 1 saturated carbocycles. The Labute approximate surface area is 135 Å². The van der Waals surface area contributed by atoms with E-state index < -0.39 is 0 Å². The van der Waals surface area contributed by atoms with Crippen molar-refractivity contribution in [3.05, 3.63) is 53.3 Å². The summed E-state index contributed by atoms with van der Waals surface area (Å²) in [6, 6.07) is 4.79. The summed E-state index contributed by atoms with van der Waals surface area (Å²) in [4.78, 5) is 0. The van der Waals surface area contributed by atoms with E-state index in [1.54, 1.807) is 0 Å². The quantitative estimate of drug-likeness (QED) is 0.661. The Kier molecular flexibility index (Phi) is 4.42. The third-order valence-electron chi connectivity index (χ3n) is 5.42. The van der Waals surface area contributed by atoms with E-state index in [1.807, 2.05) is 6.20 Å². The molecule has 2 aliphatic rings. The normalized spacial score (nSPS) is 27.2. The molecule has 1 aromatic carbocycles. The maximum atomic E-state index is 3.88.